The van der Waals surface area contributed by atoms with Crippen LogP contribution in [0.5, 0.6) is 5.75 Å². The van der Waals surface area contributed by atoms with Gasteiger partial charge in [-0.1, -0.05) is 13.8 Å². The zero-order valence-corrected chi connectivity index (χ0v) is 12.1. The van der Waals surface area contributed by atoms with Crippen LogP contribution in [0.3, 0.4) is 0 Å². The van der Waals surface area contributed by atoms with Crippen molar-refractivity contribution in [2.24, 2.45) is 5.92 Å². The van der Waals surface area contributed by atoms with Gasteiger partial charge in [-0.3, -0.25) is 4.79 Å². The molecule has 0 saturated carbocycles. The summed E-state index contributed by atoms with van der Waals surface area (Å²) in [7, 11) is 0. The van der Waals surface area contributed by atoms with Gasteiger partial charge in [-0.25, -0.2) is 4.39 Å². The molecule has 0 saturated heterocycles. The van der Waals surface area contributed by atoms with Gasteiger partial charge < -0.3 is 15.2 Å². The van der Waals surface area contributed by atoms with Crippen LogP contribution in [0.25, 0.3) is 0 Å². The first-order valence-corrected chi connectivity index (χ1v) is 6.55. The summed E-state index contributed by atoms with van der Waals surface area (Å²) in [6.07, 6.45) is -5.70. The van der Waals surface area contributed by atoms with Gasteiger partial charge in [0.05, 0.1) is 18.2 Å². The van der Waals surface area contributed by atoms with Crippen molar-refractivity contribution in [2.45, 2.75) is 32.5 Å². The third-order valence-electron chi connectivity index (χ3n) is 2.77. The van der Waals surface area contributed by atoms with Crippen LogP contribution in [0.4, 0.5) is 23.2 Å². The third-order valence-corrected chi connectivity index (χ3v) is 2.77. The van der Waals surface area contributed by atoms with E-state index in [-0.39, 0.29) is 18.0 Å². The van der Waals surface area contributed by atoms with Gasteiger partial charge in [-0.05, 0) is 18.1 Å². The summed E-state index contributed by atoms with van der Waals surface area (Å²) in [5.74, 6) is -1.98. The SMILES string of the molecule is CC(C)C(O)CC(=O)Nc1ccc(F)cc1OCC(F)(F)F. The van der Waals surface area contributed by atoms with Gasteiger partial charge in [-0.2, -0.15) is 13.2 Å². The minimum absolute atomic E-state index is 0.0911. The van der Waals surface area contributed by atoms with Crippen LogP contribution < -0.4 is 10.1 Å². The molecule has 0 spiro atoms. The normalized spacial score (nSPS) is 13.1. The summed E-state index contributed by atoms with van der Waals surface area (Å²) >= 11 is 0. The van der Waals surface area contributed by atoms with Gasteiger partial charge in [0.15, 0.2) is 6.61 Å². The molecule has 0 aromatic heterocycles. The fourth-order valence-electron chi connectivity index (χ4n) is 1.51. The number of hydrogen-bond donors (Lipinski definition) is 2. The highest BCUT2D eigenvalue weighted by molar-refractivity contribution is 5.92. The number of carbonyl (C=O) groups excluding carboxylic acids is 1. The molecule has 4 nitrogen and oxygen atoms in total. The summed E-state index contributed by atoms with van der Waals surface area (Å²) in [5.41, 5.74) is -0.0911. The van der Waals surface area contributed by atoms with Crippen molar-refractivity contribution in [3.05, 3.63) is 24.0 Å². The van der Waals surface area contributed by atoms with Crippen LogP contribution in [0, 0.1) is 11.7 Å². The largest absolute Gasteiger partial charge is 0.482 e. The standard InChI is InChI=1S/C14H17F4NO3/c1-8(2)11(20)6-13(21)19-10-4-3-9(15)5-12(10)22-7-14(16,17)18/h3-5,8,11,20H,6-7H2,1-2H3,(H,19,21). The van der Waals surface area contributed by atoms with Crippen LogP contribution in [-0.2, 0) is 4.79 Å². The molecular formula is C14H17F4NO3. The molecule has 1 amide bonds. The lowest BCUT2D eigenvalue weighted by atomic mass is 10.0. The van der Waals surface area contributed by atoms with E-state index in [0.29, 0.717) is 0 Å². The van der Waals surface area contributed by atoms with Crippen LogP contribution >= 0.6 is 0 Å². The van der Waals surface area contributed by atoms with Crippen molar-refractivity contribution >= 4 is 11.6 Å². The second-order valence-electron chi connectivity index (χ2n) is 5.11. The lowest BCUT2D eigenvalue weighted by Gasteiger charge is -2.16. The average molecular weight is 323 g/mol. The number of benzene rings is 1. The van der Waals surface area contributed by atoms with E-state index in [4.69, 9.17) is 0 Å². The Kier molecular flexibility index (Phi) is 6.16. The van der Waals surface area contributed by atoms with E-state index >= 15 is 0 Å². The summed E-state index contributed by atoms with van der Waals surface area (Å²) in [6.45, 7) is 1.83. The molecular weight excluding hydrogens is 306 g/mol. The monoisotopic (exact) mass is 323 g/mol. The summed E-state index contributed by atoms with van der Waals surface area (Å²) in [4.78, 5) is 11.7. The van der Waals surface area contributed by atoms with Gasteiger partial charge >= 0.3 is 6.18 Å². The minimum Gasteiger partial charge on any atom is -0.482 e. The molecule has 8 heteroatoms. The molecule has 0 aliphatic heterocycles. The van der Waals surface area contributed by atoms with E-state index in [0.717, 1.165) is 18.2 Å². The summed E-state index contributed by atoms with van der Waals surface area (Å²) in [6, 6.07) is 2.83. The van der Waals surface area contributed by atoms with Crippen molar-refractivity contribution in [2.75, 3.05) is 11.9 Å². The Morgan fingerprint density at radius 3 is 2.55 bits per heavy atom. The van der Waals surface area contributed by atoms with Gasteiger partial charge in [0, 0.05) is 6.07 Å². The zero-order chi connectivity index (χ0) is 16.9. The van der Waals surface area contributed by atoms with Gasteiger partial charge in [0.25, 0.3) is 0 Å². The van der Waals surface area contributed by atoms with Crippen molar-refractivity contribution in [3.63, 3.8) is 0 Å². The van der Waals surface area contributed by atoms with Crippen LogP contribution in [0.15, 0.2) is 18.2 Å². The molecule has 1 rings (SSSR count). The molecule has 1 aromatic rings. The highest BCUT2D eigenvalue weighted by atomic mass is 19.4. The maximum atomic E-state index is 13.1. The van der Waals surface area contributed by atoms with Crippen molar-refractivity contribution in [1.82, 2.24) is 0 Å². The van der Waals surface area contributed by atoms with E-state index in [1.54, 1.807) is 13.8 Å². The Morgan fingerprint density at radius 2 is 2.00 bits per heavy atom. The van der Waals surface area contributed by atoms with Crippen molar-refractivity contribution < 1.29 is 32.2 Å². The Labute approximate surface area is 125 Å². The highest BCUT2D eigenvalue weighted by Crippen LogP contribution is 2.28. The number of halogens is 4. The van der Waals surface area contributed by atoms with Crippen molar-refractivity contribution in [1.29, 1.82) is 0 Å². The first-order valence-electron chi connectivity index (χ1n) is 6.55. The second kappa shape index (κ2) is 7.44. The van der Waals surface area contributed by atoms with E-state index in [2.05, 4.69) is 10.1 Å². The molecule has 0 bridgehead atoms. The number of anilines is 1. The molecule has 1 unspecified atom stereocenters. The van der Waals surface area contributed by atoms with Gasteiger partial charge in [0.1, 0.15) is 11.6 Å². The van der Waals surface area contributed by atoms with Crippen LogP contribution in [0.2, 0.25) is 0 Å². The maximum absolute atomic E-state index is 13.1. The van der Waals surface area contributed by atoms with Crippen LogP contribution in [0.1, 0.15) is 20.3 Å². The molecule has 124 valence electrons. The molecule has 0 fully saturated rings. The number of hydrogen-bond acceptors (Lipinski definition) is 3. The molecule has 0 aliphatic carbocycles. The number of alkyl halides is 3. The molecule has 0 radical (unpaired) electrons. The van der Waals surface area contributed by atoms with E-state index in [1.807, 2.05) is 0 Å². The predicted octanol–water partition coefficient (Wildman–Crippen LogP) is 3.11. The fraction of sp³-hybridized carbons (Fsp3) is 0.500. The Morgan fingerprint density at radius 1 is 1.36 bits per heavy atom. The lowest BCUT2D eigenvalue weighted by Crippen LogP contribution is -2.24. The maximum Gasteiger partial charge on any atom is 0.422 e. The number of amides is 1. The smallest absolute Gasteiger partial charge is 0.422 e. The first kappa shape index (κ1) is 18.2. The first-order chi connectivity index (χ1) is 10.1. The molecule has 0 heterocycles. The Hall–Kier alpha value is -1.83. The van der Waals surface area contributed by atoms with Crippen molar-refractivity contribution in [3.8, 4) is 5.75 Å². The number of rotatable bonds is 6. The van der Waals surface area contributed by atoms with Gasteiger partial charge in [0.2, 0.25) is 5.91 Å². The highest BCUT2D eigenvalue weighted by Gasteiger charge is 2.29. The number of carbonyl (C=O) groups is 1. The number of ether oxygens (including phenoxy) is 1. The third kappa shape index (κ3) is 6.30. The Balaban J connectivity index is 2.79. The zero-order valence-electron chi connectivity index (χ0n) is 12.1. The van der Waals surface area contributed by atoms with Crippen LogP contribution in [-0.4, -0.2) is 29.9 Å². The predicted molar refractivity (Wildman–Crippen MR) is 72.0 cm³/mol. The molecule has 22 heavy (non-hydrogen) atoms. The topological polar surface area (TPSA) is 58.6 Å². The fourth-order valence-corrected chi connectivity index (χ4v) is 1.51. The summed E-state index contributed by atoms with van der Waals surface area (Å²) < 4.78 is 54.1. The minimum atomic E-state index is -4.58. The molecule has 0 aliphatic rings. The average Bonchev–Trinajstić information content (AvgIpc) is 2.37. The second-order valence-corrected chi connectivity index (χ2v) is 5.11. The van der Waals surface area contributed by atoms with E-state index in [9.17, 15) is 27.5 Å². The molecule has 1 atom stereocenters. The Bertz CT molecular complexity index is 517. The molecule has 1 aromatic carbocycles. The number of nitrogens with one attached hydrogen (secondary N) is 1. The van der Waals surface area contributed by atoms with E-state index < -0.39 is 36.4 Å². The van der Waals surface area contributed by atoms with Gasteiger partial charge in [-0.15, -0.1) is 0 Å². The molecule has 2 N–H and O–H groups in total. The quantitative estimate of drug-likeness (QED) is 0.791. The number of aliphatic hydroxyl groups excluding tert-OH is 1. The number of aliphatic hydroxyl groups is 1. The summed E-state index contributed by atoms with van der Waals surface area (Å²) in [5, 5.41) is 11.9. The lowest BCUT2D eigenvalue weighted by molar-refractivity contribution is -0.153. The van der Waals surface area contributed by atoms with E-state index in [1.165, 1.54) is 0 Å².